The van der Waals surface area contributed by atoms with Crippen LogP contribution < -0.4 is 21.8 Å². The van der Waals surface area contributed by atoms with E-state index in [4.69, 9.17) is 23.2 Å². The number of nitrogens with one attached hydrogen (secondary N) is 3. The van der Waals surface area contributed by atoms with Gasteiger partial charge in [0.25, 0.3) is 0 Å². The van der Waals surface area contributed by atoms with Crippen molar-refractivity contribution in [1.29, 1.82) is 0 Å². The van der Waals surface area contributed by atoms with Crippen molar-refractivity contribution in [2.24, 2.45) is 0 Å². The monoisotopic (exact) mass is 472 g/mol. The van der Waals surface area contributed by atoms with Crippen molar-refractivity contribution >= 4 is 51.5 Å². The number of nitrogens with zero attached hydrogens (tertiary/aromatic N) is 1. The van der Waals surface area contributed by atoms with E-state index >= 15 is 0 Å². The van der Waals surface area contributed by atoms with Gasteiger partial charge in [-0.25, -0.2) is 0 Å². The van der Waals surface area contributed by atoms with Crippen LogP contribution in [0.15, 0.2) is 39.9 Å². The van der Waals surface area contributed by atoms with Gasteiger partial charge >= 0.3 is 17.3 Å². The van der Waals surface area contributed by atoms with Crippen molar-refractivity contribution in [3.05, 3.63) is 66.6 Å². The van der Waals surface area contributed by atoms with Crippen LogP contribution in [-0.4, -0.2) is 22.0 Å². The topological polar surface area (TPSA) is 96.0 Å². The Morgan fingerprint density at radius 3 is 2.68 bits per heavy atom. The van der Waals surface area contributed by atoms with Crippen LogP contribution in [0, 0.1) is 0 Å². The van der Waals surface area contributed by atoms with Crippen molar-refractivity contribution in [2.75, 3.05) is 17.2 Å². The predicted octanol–water partition coefficient (Wildman–Crippen LogP) is 4.01. The van der Waals surface area contributed by atoms with E-state index in [1.54, 1.807) is 0 Å². The van der Waals surface area contributed by atoms with E-state index in [0.717, 1.165) is 16.7 Å². The van der Waals surface area contributed by atoms with E-state index in [2.05, 4.69) is 15.6 Å². The Morgan fingerprint density at radius 1 is 1.23 bits per heavy atom. The molecule has 1 atom stereocenters. The molecule has 4 rings (SSSR count). The first-order valence-electron chi connectivity index (χ1n) is 8.94. The van der Waals surface area contributed by atoms with Crippen molar-refractivity contribution in [3.63, 3.8) is 0 Å². The van der Waals surface area contributed by atoms with Gasteiger partial charge in [-0.05, 0) is 24.3 Å². The number of alkyl halides is 3. The molecule has 0 saturated heterocycles. The molecular formula is C19H13Cl2F3N4O3. The van der Waals surface area contributed by atoms with E-state index in [-0.39, 0.29) is 39.7 Å². The van der Waals surface area contributed by atoms with Gasteiger partial charge in [-0.2, -0.15) is 13.2 Å². The number of hydrogen-bond acceptors (Lipinski definition) is 4. The highest BCUT2D eigenvalue weighted by Crippen LogP contribution is 2.39. The SMILES string of the molecule is O=C(CC1CNc2c(Cl)c(Cl)cc3[nH]c(=O)c(=O)n1c23)Nc1cccc(C(F)(F)F)c1. The minimum absolute atomic E-state index is 0.0396. The normalized spacial score (nSPS) is 15.6. The van der Waals surface area contributed by atoms with Gasteiger partial charge in [0, 0.05) is 18.7 Å². The molecule has 2 aromatic carbocycles. The lowest BCUT2D eigenvalue weighted by Gasteiger charge is -2.29. The zero-order chi connectivity index (χ0) is 22.5. The minimum Gasteiger partial charge on any atom is -0.380 e. The predicted molar refractivity (Wildman–Crippen MR) is 111 cm³/mol. The zero-order valence-electron chi connectivity index (χ0n) is 15.4. The molecule has 1 aliphatic rings. The third kappa shape index (κ3) is 3.88. The van der Waals surface area contributed by atoms with Gasteiger partial charge in [0.05, 0.1) is 38.4 Å². The molecule has 0 bridgehead atoms. The first kappa shape index (κ1) is 21.3. The van der Waals surface area contributed by atoms with Crippen LogP contribution in [0.4, 0.5) is 24.5 Å². The number of aromatic nitrogens is 2. The lowest BCUT2D eigenvalue weighted by molar-refractivity contribution is -0.137. The largest absolute Gasteiger partial charge is 0.416 e. The maximum atomic E-state index is 12.9. The highest BCUT2D eigenvalue weighted by atomic mass is 35.5. The molecule has 31 heavy (non-hydrogen) atoms. The molecule has 7 nitrogen and oxygen atoms in total. The molecule has 12 heteroatoms. The summed E-state index contributed by atoms with van der Waals surface area (Å²) in [6, 6.07) is 4.80. The maximum Gasteiger partial charge on any atom is 0.416 e. The van der Waals surface area contributed by atoms with Crippen LogP contribution in [-0.2, 0) is 11.0 Å². The van der Waals surface area contributed by atoms with Gasteiger partial charge in [0.2, 0.25) is 5.91 Å². The van der Waals surface area contributed by atoms with Gasteiger partial charge in [0.1, 0.15) is 0 Å². The quantitative estimate of drug-likeness (QED) is 0.501. The minimum atomic E-state index is -4.55. The number of carbonyl (C=O) groups excluding carboxylic acids is 1. The number of rotatable bonds is 3. The van der Waals surface area contributed by atoms with Crippen LogP contribution in [0.2, 0.25) is 10.0 Å². The Bertz CT molecular complexity index is 1330. The summed E-state index contributed by atoms with van der Waals surface area (Å²) in [7, 11) is 0. The number of amides is 1. The van der Waals surface area contributed by atoms with Gasteiger partial charge in [0.15, 0.2) is 0 Å². The Balaban J connectivity index is 1.68. The molecule has 3 N–H and O–H groups in total. The van der Waals surface area contributed by atoms with Crippen molar-refractivity contribution < 1.29 is 18.0 Å². The Morgan fingerprint density at radius 2 is 1.97 bits per heavy atom. The van der Waals surface area contributed by atoms with Gasteiger partial charge in [-0.3, -0.25) is 19.0 Å². The zero-order valence-corrected chi connectivity index (χ0v) is 17.0. The maximum absolute atomic E-state index is 12.9. The molecule has 1 aromatic heterocycles. The molecule has 1 unspecified atom stereocenters. The highest BCUT2D eigenvalue weighted by molar-refractivity contribution is 6.45. The second-order valence-corrected chi connectivity index (χ2v) is 7.72. The second kappa shape index (κ2) is 7.61. The molecule has 0 spiro atoms. The Labute approximate surface area is 181 Å². The van der Waals surface area contributed by atoms with E-state index in [1.807, 2.05) is 0 Å². The summed E-state index contributed by atoms with van der Waals surface area (Å²) in [5, 5.41) is 5.72. The molecule has 0 aliphatic carbocycles. The molecule has 0 radical (unpaired) electrons. The molecule has 162 valence electrons. The van der Waals surface area contributed by atoms with E-state index in [1.165, 1.54) is 18.2 Å². The smallest absolute Gasteiger partial charge is 0.380 e. The number of H-pyrrole nitrogens is 1. The first-order valence-corrected chi connectivity index (χ1v) is 9.69. The Kier molecular flexibility index (Phi) is 5.22. The van der Waals surface area contributed by atoms with Gasteiger partial charge in [-0.15, -0.1) is 0 Å². The number of benzene rings is 2. The Hall–Kier alpha value is -2.98. The summed E-state index contributed by atoms with van der Waals surface area (Å²) in [4.78, 5) is 39.6. The number of hydrogen-bond donors (Lipinski definition) is 3. The molecular weight excluding hydrogens is 460 g/mol. The third-order valence-electron chi connectivity index (χ3n) is 4.87. The highest BCUT2D eigenvalue weighted by Gasteiger charge is 2.31. The average molecular weight is 473 g/mol. The summed E-state index contributed by atoms with van der Waals surface area (Å²) in [6.07, 6.45) is -4.83. The van der Waals surface area contributed by atoms with Crippen LogP contribution in [0.5, 0.6) is 0 Å². The number of anilines is 2. The molecule has 1 amide bonds. The van der Waals surface area contributed by atoms with Crippen molar-refractivity contribution in [1.82, 2.24) is 9.55 Å². The number of halogens is 5. The molecule has 2 heterocycles. The van der Waals surface area contributed by atoms with Crippen LogP contribution in [0.3, 0.4) is 0 Å². The van der Waals surface area contributed by atoms with E-state index in [9.17, 15) is 27.6 Å². The molecule has 1 aliphatic heterocycles. The molecule has 0 saturated carbocycles. The summed E-state index contributed by atoms with van der Waals surface area (Å²) >= 11 is 12.3. The summed E-state index contributed by atoms with van der Waals surface area (Å²) in [6.45, 7) is 0.0710. The van der Waals surface area contributed by atoms with Crippen LogP contribution >= 0.6 is 23.2 Å². The number of aromatic amines is 1. The fourth-order valence-corrected chi connectivity index (χ4v) is 3.95. The van der Waals surface area contributed by atoms with Gasteiger partial charge < -0.3 is 15.6 Å². The average Bonchev–Trinajstić information content (AvgIpc) is 2.69. The van der Waals surface area contributed by atoms with Gasteiger partial charge in [-0.1, -0.05) is 29.3 Å². The molecule has 3 aromatic rings. The second-order valence-electron chi connectivity index (χ2n) is 6.94. The standard InChI is InChI=1S/C19H13Cl2F3N4O3/c20-11-6-12-16-15(14(11)21)25-7-10(28(16)18(31)17(30)27-12)5-13(29)26-9-3-1-2-8(4-9)19(22,23)24/h1-4,6,10,25H,5,7H2,(H,26,29)(H,27,30). The van der Waals surface area contributed by atoms with E-state index < -0.39 is 34.8 Å². The van der Waals surface area contributed by atoms with Crippen molar-refractivity contribution in [2.45, 2.75) is 18.6 Å². The molecule has 0 fully saturated rings. The lowest BCUT2D eigenvalue weighted by Crippen LogP contribution is -2.43. The fourth-order valence-electron chi connectivity index (χ4n) is 3.53. The summed E-state index contributed by atoms with van der Waals surface area (Å²) in [5.74, 6) is -0.630. The van der Waals surface area contributed by atoms with Crippen LogP contribution in [0.25, 0.3) is 11.0 Å². The number of carbonyl (C=O) groups is 1. The third-order valence-corrected chi connectivity index (χ3v) is 5.66. The first-order chi connectivity index (χ1) is 14.6. The van der Waals surface area contributed by atoms with Crippen LogP contribution in [0.1, 0.15) is 18.0 Å². The lowest BCUT2D eigenvalue weighted by atomic mass is 10.1. The fraction of sp³-hybridized carbons (Fsp3) is 0.211. The summed E-state index contributed by atoms with van der Waals surface area (Å²) in [5.41, 5.74) is -1.86. The van der Waals surface area contributed by atoms with Crippen molar-refractivity contribution in [3.8, 4) is 0 Å². The van der Waals surface area contributed by atoms with E-state index in [0.29, 0.717) is 5.69 Å². The summed E-state index contributed by atoms with van der Waals surface area (Å²) < 4.78 is 39.8.